The van der Waals surface area contributed by atoms with Gasteiger partial charge in [-0.3, -0.25) is 4.79 Å². The van der Waals surface area contributed by atoms with Crippen LogP contribution in [0.1, 0.15) is 79.8 Å². The monoisotopic (exact) mass is 814 g/mol. The average molecular weight is 815 g/mol. The molecule has 2 aliphatic heterocycles. The van der Waals surface area contributed by atoms with Crippen molar-refractivity contribution in [1.82, 2.24) is 19.9 Å². The summed E-state index contributed by atoms with van der Waals surface area (Å²) in [5.41, 5.74) is 26.9. The molecule has 4 aromatic carbocycles. The maximum Gasteiger partial charge on any atom is 0.190 e. The normalized spacial score (nSPS) is 12.1. The molecule has 3 aromatic heterocycles. The SMILES string of the molecule is CC(=O)Sc1ccc(-c2c3ccc([nH]3)c(-c3c(C)cc(C)cc3C)c3nc(c(-c4c(C)cc(C)cc4C)c4nc(c(-c5c(C)cc(C)cc5C)c5ccc2[nH]5)C=C4)C=C3)cc1. The zero-order valence-electron chi connectivity index (χ0n) is 36.6. The summed E-state index contributed by atoms with van der Waals surface area (Å²) >= 11 is 1.25. The Morgan fingerprint density at radius 1 is 0.410 bits per heavy atom. The lowest BCUT2D eigenvalue weighted by molar-refractivity contribution is -0.109. The molecule has 9 rings (SSSR count). The molecule has 0 spiro atoms. The number of fused-ring (bicyclic) bond motifs is 8. The van der Waals surface area contributed by atoms with Gasteiger partial charge in [-0.1, -0.05) is 77.0 Å². The zero-order valence-corrected chi connectivity index (χ0v) is 37.4. The number of aryl methyl sites for hydroxylation is 9. The number of aromatic nitrogens is 4. The van der Waals surface area contributed by atoms with Gasteiger partial charge in [0.1, 0.15) is 0 Å². The van der Waals surface area contributed by atoms with Crippen molar-refractivity contribution in [2.75, 3.05) is 0 Å². The molecule has 6 heteroatoms. The van der Waals surface area contributed by atoms with E-state index in [0.29, 0.717) is 0 Å². The van der Waals surface area contributed by atoms with Crippen LogP contribution in [0.4, 0.5) is 0 Å². The van der Waals surface area contributed by atoms with Gasteiger partial charge < -0.3 is 9.97 Å². The molecule has 0 unspecified atom stereocenters. The van der Waals surface area contributed by atoms with Gasteiger partial charge in [-0.2, -0.15) is 0 Å². The molecule has 2 N–H and O–H groups in total. The second kappa shape index (κ2) is 15.5. The van der Waals surface area contributed by atoms with Gasteiger partial charge in [0.25, 0.3) is 0 Å². The van der Waals surface area contributed by atoms with Crippen LogP contribution in [0.15, 0.2) is 89.8 Å². The summed E-state index contributed by atoms with van der Waals surface area (Å²) in [4.78, 5) is 32.0. The van der Waals surface area contributed by atoms with E-state index < -0.39 is 0 Å². The molecular weight excluding hydrogens is 765 g/mol. The summed E-state index contributed by atoms with van der Waals surface area (Å²) in [5, 5.41) is 0.0602. The first-order chi connectivity index (χ1) is 29.2. The number of carbonyl (C=O) groups excluding carboxylic acids is 1. The van der Waals surface area contributed by atoms with Crippen molar-refractivity contribution in [3.8, 4) is 44.5 Å². The minimum absolute atomic E-state index is 0.0602. The van der Waals surface area contributed by atoms with E-state index in [4.69, 9.17) is 9.97 Å². The van der Waals surface area contributed by atoms with E-state index in [1.165, 1.54) is 73.0 Å². The Bertz CT molecular complexity index is 3000. The highest BCUT2D eigenvalue weighted by atomic mass is 32.2. The van der Waals surface area contributed by atoms with Gasteiger partial charge in [-0.25, -0.2) is 9.97 Å². The van der Waals surface area contributed by atoms with Gasteiger partial charge in [-0.05, 0) is 179 Å². The van der Waals surface area contributed by atoms with Crippen molar-refractivity contribution >= 4 is 63.2 Å². The first-order valence-corrected chi connectivity index (χ1v) is 21.8. The Hall–Kier alpha value is -6.50. The van der Waals surface area contributed by atoms with Crippen molar-refractivity contribution in [3.63, 3.8) is 0 Å². The summed E-state index contributed by atoms with van der Waals surface area (Å²) in [6.45, 7) is 21.3. The van der Waals surface area contributed by atoms with Crippen LogP contribution in [0, 0.1) is 62.3 Å². The van der Waals surface area contributed by atoms with Crippen molar-refractivity contribution in [1.29, 1.82) is 0 Å². The molecule has 0 saturated heterocycles. The van der Waals surface area contributed by atoms with E-state index in [0.717, 1.165) is 83.1 Å². The van der Waals surface area contributed by atoms with E-state index in [2.05, 4.69) is 169 Å². The third-order valence-corrected chi connectivity index (χ3v) is 12.7. The summed E-state index contributed by atoms with van der Waals surface area (Å²) in [6, 6.07) is 30.6. The molecule has 0 saturated carbocycles. The molecule has 8 bridgehead atoms. The Kier molecular flexibility index (Phi) is 10.2. The maximum atomic E-state index is 12.1. The standard InChI is InChI=1S/C55H50N4OS/c1-29-23-32(4)49(33(5)24-29)53-43-17-15-41(56-43)52(39-11-13-40(14-12-39)61-38(10)60)42-16-18-44(57-42)54(50-34(6)25-30(2)26-35(50)7)46-20-22-48(59-46)55(47-21-19-45(53)58-47)51-36(8)27-31(3)28-37(51)9/h11-28,56-57H,1-10H3. The highest BCUT2D eigenvalue weighted by molar-refractivity contribution is 8.13. The third kappa shape index (κ3) is 7.29. The summed E-state index contributed by atoms with van der Waals surface area (Å²) in [5.74, 6) is 0. The van der Waals surface area contributed by atoms with Gasteiger partial charge in [0.15, 0.2) is 5.12 Å². The molecule has 0 amide bonds. The van der Waals surface area contributed by atoms with Crippen molar-refractivity contribution in [3.05, 3.63) is 158 Å². The Morgan fingerprint density at radius 3 is 1.07 bits per heavy atom. The van der Waals surface area contributed by atoms with Crippen LogP contribution in [0.25, 0.3) is 90.9 Å². The highest BCUT2D eigenvalue weighted by Gasteiger charge is 2.23. The third-order valence-electron chi connectivity index (χ3n) is 11.9. The number of nitrogens with one attached hydrogen (secondary N) is 2. The van der Waals surface area contributed by atoms with Gasteiger partial charge in [-0.15, -0.1) is 0 Å². The second-order valence-electron chi connectivity index (χ2n) is 16.9. The van der Waals surface area contributed by atoms with Crippen LogP contribution in [0.2, 0.25) is 0 Å². The largest absolute Gasteiger partial charge is 0.354 e. The second-order valence-corrected chi connectivity index (χ2v) is 18.2. The van der Waals surface area contributed by atoms with E-state index in [-0.39, 0.29) is 5.12 Å². The average Bonchev–Trinajstić information content (AvgIpc) is 4.02. The molecule has 5 nitrogen and oxygen atoms in total. The van der Waals surface area contributed by atoms with Crippen LogP contribution in [-0.2, 0) is 4.79 Å². The van der Waals surface area contributed by atoms with Crippen LogP contribution in [-0.4, -0.2) is 25.1 Å². The fourth-order valence-electron chi connectivity index (χ4n) is 9.88. The van der Waals surface area contributed by atoms with Crippen molar-refractivity contribution in [2.45, 2.75) is 74.1 Å². The number of H-pyrrole nitrogens is 2. The fourth-order valence-corrected chi connectivity index (χ4v) is 10.5. The highest BCUT2D eigenvalue weighted by Crippen LogP contribution is 2.42. The number of nitrogens with zero attached hydrogens (tertiary/aromatic N) is 2. The van der Waals surface area contributed by atoms with E-state index in [9.17, 15) is 4.79 Å². The topological polar surface area (TPSA) is 74.4 Å². The Balaban J connectivity index is 1.50. The maximum absolute atomic E-state index is 12.1. The Labute approximate surface area is 362 Å². The molecule has 0 atom stereocenters. The van der Waals surface area contributed by atoms with Crippen molar-refractivity contribution < 1.29 is 4.79 Å². The smallest absolute Gasteiger partial charge is 0.190 e. The van der Waals surface area contributed by atoms with Crippen LogP contribution in [0.5, 0.6) is 0 Å². The lowest BCUT2D eigenvalue weighted by Gasteiger charge is -2.14. The molecule has 0 radical (unpaired) electrons. The minimum Gasteiger partial charge on any atom is -0.354 e. The molecule has 302 valence electrons. The number of thioether (sulfide) groups is 1. The van der Waals surface area contributed by atoms with Gasteiger partial charge in [0.2, 0.25) is 0 Å². The van der Waals surface area contributed by atoms with E-state index >= 15 is 0 Å². The number of carbonyl (C=O) groups is 1. The predicted molar refractivity (Wildman–Crippen MR) is 260 cm³/mol. The van der Waals surface area contributed by atoms with Crippen LogP contribution in [0.3, 0.4) is 0 Å². The summed E-state index contributed by atoms with van der Waals surface area (Å²) in [7, 11) is 0. The van der Waals surface area contributed by atoms with Gasteiger partial charge in [0.05, 0.1) is 22.8 Å². The van der Waals surface area contributed by atoms with Gasteiger partial charge >= 0.3 is 0 Å². The molecular formula is C55H50N4OS. The van der Waals surface area contributed by atoms with Gasteiger partial charge in [0, 0.05) is 56.1 Å². The zero-order chi connectivity index (χ0) is 42.9. The van der Waals surface area contributed by atoms with Crippen LogP contribution >= 0.6 is 11.8 Å². The lowest BCUT2D eigenvalue weighted by Crippen LogP contribution is -1.97. The predicted octanol–water partition coefficient (Wildman–Crippen LogP) is 14.7. The van der Waals surface area contributed by atoms with Crippen molar-refractivity contribution in [2.24, 2.45) is 0 Å². The molecule has 2 aliphatic rings. The number of benzene rings is 4. The molecule has 7 aromatic rings. The van der Waals surface area contributed by atoms with E-state index in [1.54, 1.807) is 6.92 Å². The first kappa shape index (κ1) is 39.9. The summed E-state index contributed by atoms with van der Waals surface area (Å²) in [6.07, 6.45) is 8.70. The summed E-state index contributed by atoms with van der Waals surface area (Å²) < 4.78 is 0. The number of hydrogen-bond donors (Lipinski definition) is 2. The molecule has 0 fully saturated rings. The molecule has 5 heterocycles. The number of hydrogen-bond acceptors (Lipinski definition) is 4. The Morgan fingerprint density at radius 2 is 0.721 bits per heavy atom. The number of rotatable bonds is 5. The fraction of sp³-hybridized carbons (Fsp3) is 0.182. The van der Waals surface area contributed by atoms with E-state index in [1.807, 2.05) is 12.1 Å². The molecule has 61 heavy (non-hydrogen) atoms. The lowest BCUT2D eigenvalue weighted by atomic mass is 9.92. The quantitative estimate of drug-likeness (QED) is 0.170. The van der Waals surface area contributed by atoms with Crippen LogP contribution < -0.4 is 0 Å². The minimum atomic E-state index is 0.0602. The first-order valence-electron chi connectivity index (χ1n) is 20.9. The molecule has 0 aliphatic carbocycles. The number of aromatic amines is 2.